The average molecular weight is 1810 g/mol. The molecule has 7 atom stereocenters. The highest BCUT2D eigenvalue weighted by molar-refractivity contribution is 5.91. The molecule has 7 amide bonds. The summed E-state index contributed by atoms with van der Waals surface area (Å²) in [6, 6.07) is -2.47. The van der Waals surface area contributed by atoms with Crippen molar-refractivity contribution in [1.82, 2.24) is 29.4 Å². The van der Waals surface area contributed by atoms with Crippen molar-refractivity contribution >= 4 is 72.6 Å². The van der Waals surface area contributed by atoms with Crippen molar-refractivity contribution in [2.24, 2.45) is 29.2 Å². The molecule has 0 saturated carbocycles. The SMILES string of the molecule is C1=COCCC1.CN(C(=O)OC(C)(C)C)/C(=C\C1=COCCC1)C(=O)O.CN(C(=O)OC(C)(C)C)[C@@H](CC1=COCCC1)C(=O)O.CN(C(=O)OC(C)(C)C)[C@@H](CC1CCCOC1)C(=O)O.CN(C(=O)OC(C)(C)C)[C@@H](CC1CCCOC1)C(N)=O.CN(C(=O)OC(C)(C)C)[C@H](CN)CC1CCCOC1.COC(=O)CN(C)C(=O)OC(C)(C)C.O=CC1=COCCC1. The first kappa shape index (κ1) is 117. The number of allylic oxidation sites excluding steroid dienone is 4. The lowest BCUT2D eigenvalue weighted by molar-refractivity contribution is -0.144. The second kappa shape index (κ2) is 59.5. The Morgan fingerprint density at radius 2 is 0.827 bits per heavy atom. The number of rotatable bonds is 22. The van der Waals surface area contributed by atoms with Gasteiger partial charge in [0.05, 0.1) is 58.6 Å². The molecule has 37 heteroatoms. The van der Waals surface area contributed by atoms with Crippen LogP contribution in [-0.2, 0) is 95.1 Å². The van der Waals surface area contributed by atoms with Gasteiger partial charge in [0.25, 0.3) is 0 Å². The molecule has 7 aliphatic heterocycles. The largest absolute Gasteiger partial charge is 0.502 e. The lowest BCUT2D eigenvalue weighted by atomic mass is 9.93. The van der Waals surface area contributed by atoms with E-state index in [1.165, 1.54) is 76.5 Å². The van der Waals surface area contributed by atoms with E-state index in [0.717, 1.165) is 161 Å². The summed E-state index contributed by atoms with van der Waals surface area (Å²) >= 11 is 0. The summed E-state index contributed by atoms with van der Waals surface area (Å²) in [4.78, 5) is 145. The van der Waals surface area contributed by atoms with Gasteiger partial charge in [-0.3, -0.25) is 34.0 Å². The maximum Gasteiger partial charge on any atom is 0.414 e. The van der Waals surface area contributed by atoms with E-state index in [2.05, 4.69) is 4.74 Å². The van der Waals surface area contributed by atoms with Gasteiger partial charge in [0.1, 0.15) is 70.3 Å². The minimum absolute atomic E-state index is 0.0153. The van der Waals surface area contributed by atoms with Crippen LogP contribution in [0.25, 0.3) is 0 Å². The molecule has 0 radical (unpaired) electrons. The number of nitrogens with two attached hydrogens (primary N) is 2. The molecule has 0 aromatic carbocycles. The Bertz CT molecular complexity index is 3430. The summed E-state index contributed by atoms with van der Waals surface area (Å²) < 4.78 is 72.0. The van der Waals surface area contributed by atoms with Gasteiger partial charge >= 0.3 is 60.4 Å². The number of carbonyl (C=O) groups is 12. The second-order valence-corrected chi connectivity index (χ2v) is 37.4. The number of hydrogen-bond acceptors (Lipinski definition) is 27. The van der Waals surface area contributed by atoms with Crippen LogP contribution < -0.4 is 11.5 Å². The first-order valence-corrected chi connectivity index (χ1v) is 43.4. The number of primary amides is 1. The molecule has 3 fully saturated rings. The summed E-state index contributed by atoms with van der Waals surface area (Å²) in [6.45, 7) is 39.5. The lowest BCUT2D eigenvalue weighted by Gasteiger charge is -2.33. The molecule has 0 aliphatic carbocycles. The standard InChI is InChI=1S/C14H26N2O4.C14H28N2O3.C14H25NO5.C14H23NO5.C14H21NO5.C9H17NO4.C6H8O2.C5H8O/c1-14(2,3)20-13(18)16(4)11(12(15)17)8-10-6-5-7-19-9-10;1-14(2,3)19-13(17)16(4)12(9-15)8-11-6-5-7-18-10-11;3*1-14(2,3)20-13(18)15(4)11(12(16)17)8-10-6-5-7-19-9-10;1-9(2,3)14-8(12)10(4)6-7(11)13-5;7-4-6-2-1-3-8-5-6;1-2-4-6-5-3-1/h10-11H,5-9H2,1-4H3,(H2,15,17);11-12H,5-10,15H2,1-4H3;10-11H,5-9H2,1-4H3,(H,16,17);9,11H,5-8H2,1-4H3,(H,16,17);8-9H,5-7H2,1-4H3,(H,16,17);6H2,1-5H3;4-5H,1-3H2;2,4H,1,3,5H2/b;;;;11-8-;;;/t10?,11-;11?,12-;10?,11-;11-;;;;/m0000..../s1. The van der Waals surface area contributed by atoms with Crippen molar-refractivity contribution in [1.29, 1.82) is 0 Å². The fraction of sp³-hybridized carbons (Fsp3) is 0.756. The third kappa shape index (κ3) is 56.3. The molecular weight excluding hydrogens is 1660 g/mol. The Labute approximate surface area is 753 Å². The third-order valence-corrected chi connectivity index (χ3v) is 18.6. The van der Waals surface area contributed by atoms with Gasteiger partial charge in [-0.05, 0) is 275 Å². The lowest BCUT2D eigenvalue weighted by Crippen LogP contribution is -2.48. The van der Waals surface area contributed by atoms with Crippen LogP contribution in [0, 0.1) is 17.8 Å². The predicted molar refractivity (Wildman–Crippen MR) is 475 cm³/mol. The Balaban J connectivity index is 0.00000146. The summed E-state index contributed by atoms with van der Waals surface area (Å²) in [5, 5.41) is 27.9. The second-order valence-electron chi connectivity index (χ2n) is 37.4. The number of esters is 1. The van der Waals surface area contributed by atoms with Gasteiger partial charge < -0.3 is 103 Å². The zero-order valence-electron chi connectivity index (χ0n) is 80.6. The van der Waals surface area contributed by atoms with Gasteiger partial charge in [0, 0.05) is 107 Å². The maximum atomic E-state index is 12.0. The van der Waals surface area contributed by atoms with Crippen LogP contribution in [0.3, 0.4) is 0 Å². The summed E-state index contributed by atoms with van der Waals surface area (Å²) in [7, 11) is 10.3. The molecule has 0 aromatic rings. The van der Waals surface area contributed by atoms with E-state index < -0.39 is 112 Å². The summed E-state index contributed by atoms with van der Waals surface area (Å²) in [5.74, 6) is -3.31. The van der Waals surface area contributed by atoms with Crippen LogP contribution in [0.15, 0.2) is 59.6 Å². The van der Waals surface area contributed by atoms with Gasteiger partial charge in [-0.15, -0.1) is 0 Å². The highest BCUT2D eigenvalue weighted by Crippen LogP contribution is 2.28. The molecule has 730 valence electrons. The van der Waals surface area contributed by atoms with Crippen LogP contribution in [0.4, 0.5) is 28.8 Å². The number of carboxylic acids is 3. The van der Waals surface area contributed by atoms with Crippen LogP contribution >= 0.6 is 0 Å². The molecule has 3 saturated heterocycles. The van der Waals surface area contributed by atoms with Crippen LogP contribution in [0.5, 0.6) is 0 Å². The highest BCUT2D eigenvalue weighted by Gasteiger charge is 2.37. The minimum atomic E-state index is -1.19. The predicted octanol–water partition coefficient (Wildman–Crippen LogP) is 13.8. The zero-order chi connectivity index (χ0) is 97.2. The summed E-state index contributed by atoms with van der Waals surface area (Å²) in [5.41, 5.74) is 9.91. The van der Waals surface area contributed by atoms with Crippen molar-refractivity contribution in [3.8, 4) is 0 Å². The Kier molecular flexibility index (Phi) is 55.0. The monoisotopic (exact) mass is 1810 g/mol. The number of likely N-dealkylation sites (N-methyl/N-ethyl adjacent to an activating group) is 6. The van der Waals surface area contributed by atoms with Gasteiger partial charge in [0.2, 0.25) is 5.91 Å². The zero-order valence-corrected chi connectivity index (χ0v) is 80.6. The van der Waals surface area contributed by atoms with Gasteiger partial charge in [-0.2, -0.15) is 0 Å². The smallest absolute Gasteiger partial charge is 0.414 e. The quantitative estimate of drug-likeness (QED) is 0.0291. The van der Waals surface area contributed by atoms with E-state index in [9.17, 15) is 72.9 Å². The molecule has 37 nitrogen and oxygen atoms in total. The van der Waals surface area contributed by atoms with E-state index in [-0.39, 0.29) is 42.6 Å². The molecule has 7 N–H and O–H groups in total. The van der Waals surface area contributed by atoms with Gasteiger partial charge in [0.15, 0.2) is 0 Å². The number of nitrogens with zero attached hydrogens (tertiary/aromatic N) is 6. The number of aldehydes is 1. The Morgan fingerprint density at radius 3 is 1.13 bits per heavy atom. The van der Waals surface area contributed by atoms with Crippen LogP contribution in [0.2, 0.25) is 0 Å². The van der Waals surface area contributed by atoms with E-state index >= 15 is 0 Å². The molecule has 7 aliphatic rings. The fourth-order valence-corrected chi connectivity index (χ4v) is 12.0. The number of hydrogen-bond donors (Lipinski definition) is 5. The average Bonchev–Trinajstić information content (AvgIpc) is 0.867. The number of amides is 7. The molecule has 127 heavy (non-hydrogen) atoms. The van der Waals surface area contributed by atoms with E-state index in [0.29, 0.717) is 51.7 Å². The van der Waals surface area contributed by atoms with E-state index in [1.54, 1.807) is 135 Å². The van der Waals surface area contributed by atoms with Crippen molar-refractivity contribution in [3.05, 3.63) is 59.6 Å². The Hall–Kier alpha value is -9.62. The van der Waals surface area contributed by atoms with Crippen LogP contribution in [0.1, 0.15) is 240 Å². The number of aliphatic carboxylic acids is 3. The molecule has 0 spiro atoms. The van der Waals surface area contributed by atoms with Gasteiger partial charge in [-0.25, -0.2) is 43.2 Å². The van der Waals surface area contributed by atoms with Crippen molar-refractivity contribution in [2.45, 2.75) is 298 Å². The van der Waals surface area contributed by atoms with Gasteiger partial charge in [-0.1, -0.05) is 0 Å². The van der Waals surface area contributed by atoms with Crippen molar-refractivity contribution in [3.63, 3.8) is 0 Å². The minimum Gasteiger partial charge on any atom is -0.502 e. The highest BCUT2D eigenvalue weighted by atomic mass is 16.6. The third-order valence-electron chi connectivity index (χ3n) is 18.6. The molecule has 0 aromatic heterocycles. The van der Waals surface area contributed by atoms with E-state index in [4.69, 9.17) is 73.0 Å². The molecular formula is C90H156N8O29. The van der Waals surface area contributed by atoms with E-state index in [1.807, 2.05) is 26.8 Å². The number of methoxy groups -OCH3 is 1. The fourth-order valence-electron chi connectivity index (χ4n) is 12.0. The number of carbonyl (C=O) groups excluding carboxylic acids is 9. The molecule has 0 bridgehead atoms. The summed E-state index contributed by atoms with van der Waals surface area (Å²) in [6.07, 6.45) is 23.0. The molecule has 7 rings (SSSR count). The molecule has 3 unspecified atom stereocenters. The van der Waals surface area contributed by atoms with Crippen molar-refractivity contribution in [2.75, 3.05) is 129 Å². The first-order valence-electron chi connectivity index (χ1n) is 43.4. The maximum absolute atomic E-state index is 12.0. The topological polar surface area (TPSA) is 466 Å². The molecule has 7 heterocycles. The number of ether oxygens (including phenoxy) is 14. The first-order chi connectivity index (χ1) is 58.8. The normalized spacial score (nSPS) is 18.4. The van der Waals surface area contributed by atoms with Crippen molar-refractivity contribution < 1.29 is 139 Å². The number of carboxylic acid groups (broad SMARTS) is 3. The van der Waals surface area contributed by atoms with Crippen LogP contribution in [-0.4, -0.2) is 304 Å². The Morgan fingerprint density at radius 1 is 0.457 bits per heavy atom.